The quantitative estimate of drug-likeness (QED) is 0.625. The molecule has 0 saturated carbocycles. The van der Waals surface area contributed by atoms with Gasteiger partial charge in [-0.05, 0) is 18.9 Å². The van der Waals surface area contributed by atoms with E-state index in [0.29, 0.717) is 12.2 Å². The lowest BCUT2D eigenvalue weighted by Gasteiger charge is -2.32. The minimum Gasteiger partial charge on any atom is -0.502 e. The van der Waals surface area contributed by atoms with Crippen LogP contribution >= 0.6 is 0 Å². The van der Waals surface area contributed by atoms with Crippen LogP contribution in [0, 0.1) is 16.0 Å². The number of rotatable bonds is 3. The molecule has 1 aliphatic rings. The Hall–Kier alpha value is -2.31. The SMILES string of the molecule is NC(=O)C1CCCN(c2ccc([N+](=O)[O-])c(O)c2)C1. The summed E-state index contributed by atoms with van der Waals surface area (Å²) in [6, 6.07) is 4.18. The first-order valence-electron chi connectivity index (χ1n) is 6.00. The van der Waals surface area contributed by atoms with E-state index in [4.69, 9.17) is 5.73 Å². The third kappa shape index (κ3) is 2.75. The molecule has 0 aromatic heterocycles. The van der Waals surface area contributed by atoms with Crippen molar-refractivity contribution in [3.63, 3.8) is 0 Å². The number of phenolic OH excluding ortho intramolecular Hbond substituents is 1. The second-order valence-electron chi connectivity index (χ2n) is 4.62. The van der Waals surface area contributed by atoms with Gasteiger partial charge >= 0.3 is 5.69 Å². The van der Waals surface area contributed by atoms with Crippen LogP contribution in [0.15, 0.2) is 18.2 Å². The monoisotopic (exact) mass is 265 g/mol. The van der Waals surface area contributed by atoms with Gasteiger partial charge in [0.15, 0.2) is 5.75 Å². The zero-order valence-corrected chi connectivity index (χ0v) is 10.3. The first kappa shape index (κ1) is 13.1. The first-order chi connectivity index (χ1) is 8.99. The van der Waals surface area contributed by atoms with Gasteiger partial charge in [-0.3, -0.25) is 14.9 Å². The third-order valence-corrected chi connectivity index (χ3v) is 3.34. The molecule has 1 unspecified atom stereocenters. The molecule has 1 aromatic carbocycles. The number of anilines is 1. The number of nitrogens with two attached hydrogens (primary N) is 1. The van der Waals surface area contributed by atoms with Crippen molar-refractivity contribution in [1.82, 2.24) is 0 Å². The molecule has 19 heavy (non-hydrogen) atoms. The van der Waals surface area contributed by atoms with Crippen molar-refractivity contribution in [2.75, 3.05) is 18.0 Å². The van der Waals surface area contributed by atoms with Gasteiger partial charge < -0.3 is 15.7 Å². The number of nitrogens with zero attached hydrogens (tertiary/aromatic N) is 2. The maximum atomic E-state index is 11.2. The predicted octanol–water partition coefficient (Wildman–Crippen LogP) is 1.00. The molecule has 0 spiro atoms. The van der Waals surface area contributed by atoms with Gasteiger partial charge in [0.1, 0.15) is 0 Å². The summed E-state index contributed by atoms with van der Waals surface area (Å²) in [5, 5.41) is 20.2. The van der Waals surface area contributed by atoms with Crippen LogP contribution < -0.4 is 10.6 Å². The van der Waals surface area contributed by atoms with Crippen LogP contribution in [0.25, 0.3) is 0 Å². The highest BCUT2D eigenvalue weighted by Gasteiger charge is 2.25. The summed E-state index contributed by atoms with van der Waals surface area (Å²) in [5.41, 5.74) is 5.63. The molecular weight excluding hydrogens is 250 g/mol. The summed E-state index contributed by atoms with van der Waals surface area (Å²) in [5.74, 6) is -0.925. The summed E-state index contributed by atoms with van der Waals surface area (Å²) < 4.78 is 0. The van der Waals surface area contributed by atoms with E-state index < -0.39 is 4.92 Å². The molecule has 3 N–H and O–H groups in total. The largest absolute Gasteiger partial charge is 0.502 e. The van der Waals surface area contributed by atoms with Crippen molar-refractivity contribution in [2.24, 2.45) is 11.7 Å². The Kier molecular flexibility index (Phi) is 3.55. The van der Waals surface area contributed by atoms with Gasteiger partial charge in [-0.1, -0.05) is 0 Å². The number of piperidine rings is 1. The van der Waals surface area contributed by atoms with Gasteiger partial charge in [-0.25, -0.2) is 0 Å². The Bertz CT molecular complexity index is 518. The minimum absolute atomic E-state index is 0.217. The highest BCUT2D eigenvalue weighted by Crippen LogP contribution is 2.32. The van der Waals surface area contributed by atoms with Crippen LogP contribution in [0.1, 0.15) is 12.8 Å². The van der Waals surface area contributed by atoms with E-state index in [1.807, 2.05) is 4.90 Å². The Balaban J connectivity index is 2.20. The maximum absolute atomic E-state index is 11.2. The van der Waals surface area contributed by atoms with Crippen molar-refractivity contribution in [3.8, 4) is 5.75 Å². The van der Waals surface area contributed by atoms with Crippen LogP contribution in [-0.4, -0.2) is 29.0 Å². The van der Waals surface area contributed by atoms with Crippen LogP contribution in [0.4, 0.5) is 11.4 Å². The van der Waals surface area contributed by atoms with Crippen LogP contribution in [-0.2, 0) is 4.79 Å². The van der Waals surface area contributed by atoms with E-state index in [1.165, 1.54) is 12.1 Å². The topological polar surface area (TPSA) is 110 Å². The molecule has 1 saturated heterocycles. The van der Waals surface area contributed by atoms with Gasteiger partial charge in [0.25, 0.3) is 0 Å². The van der Waals surface area contributed by atoms with Crippen molar-refractivity contribution in [2.45, 2.75) is 12.8 Å². The number of hydrogen-bond acceptors (Lipinski definition) is 5. The number of nitro groups is 1. The molecule has 0 radical (unpaired) electrons. The second kappa shape index (κ2) is 5.13. The first-order valence-corrected chi connectivity index (χ1v) is 6.00. The highest BCUT2D eigenvalue weighted by molar-refractivity contribution is 5.77. The molecule has 0 aliphatic carbocycles. The van der Waals surface area contributed by atoms with Gasteiger partial charge in [0, 0.05) is 30.9 Å². The standard InChI is InChI=1S/C12H15N3O4/c13-12(17)8-2-1-5-14(7-8)9-3-4-10(15(18)19)11(16)6-9/h3-4,6,8,16H,1-2,5,7H2,(H2,13,17). The van der Waals surface area contributed by atoms with Gasteiger partial charge in [-0.2, -0.15) is 0 Å². The Morgan fingerprint density at radius 1 is 1.53 bits per heavy atom. The number of benzene rings is 1. The van der Waals surface area contributed by atoms with E-state index in [-0.39, 0.29) is 23.3 Å². The number of hydrogen-bond donors (Lipinski definition) is 2. The fourth-order valence-corrected chi connectivity index (χ4v) is 2.31. The molecule has 1 aliphatic heterocycles. The molecular formula is C12H15N3O4. The minimum atomic E-state index is -0.637. The lowest BCUT2D eigenvalue weighted by atomic mass is 9.97. The van der Waals surface area contributed by atoms with Crippen LogP contribution in [0.5, 0.6) is 5.75 Å². The van der Waals surface area contributed by atoms with Gasteiger partial charge in [0.2, 0.25) is 5.91 Å². The lowest BCUT2D eigenvalue weighted by molar-refractivity contribution is -0.385. The zero-order chi connectivity index (χ0) is 14.0. The van der Waals surface area contributed by atoms with Gasteiger partial charge in [-0.15, -0.1) is 0 Å². The lowest BCUT2D eigenvalue weighted by Crippen LogP contribution is -2.41. The van der Waals surface area contributed by atoms with Crippen molar-refractivity contribution >= 4 is 17.3 Å². The summed E-state index contributed by atoms with van der Waals surface area (Å²) in [6.45, 7) is 1.22. The zero-order valence-electron chi connectivity index (χ0n) is 10.3. The summed E-state index contributed by atoms with van der Waals surface area (Å²) in [7, 11) is 0. The van der Waals surface area contributed by atoms with E-state index in [2.05, 4.69) is 0 Å². The predicted molar refractivity (Wildman–Crippen MR) is 68.9 cm³/mol. The molecule has 7 heteroatoms. The number of carbonyl (C=O) groups excluding carboxylic acids is 1. The Morgan fingerprint density at radius 2 is 2.26 bits per heavy atom. The number of primary amides is 1. The molecule has 7 nitrogen and oxygen atoms in total. The Labute approximate surface area is 109 Å². The maximum Gasteiger partial charge on any atom is 0.310 e. The highest BCUT2D eigenvalue weighted by atomic mass is 16.6. The molecule has 1 aromatic rings. The van der Waals surface area contributed by atoms with E-state index in [0.717, 1.165) is 19.4 Å². The number of nitro benzene ring substituents is 1. The van der Waals surface area contributed by atoms with Gasteiger partial charge in [0.05, 0.1) is 10.8 Å². The summed E-state index contributed by atoms with van der Waals surface area (Å²) in [6.07, 6.45) is 1.58. The van der Waals surface area contributed by atoms with Crippen LogP contribution in [0.2, 0.25) is 0 Å². The van der Waals surface area contributed by atoms with E-state index in [9.17, 15) is 20.0 Å². The smallest absolute Gasteiger partial charge is 0.310 e. The third-order valence-electron chi connectivity index (χ3n) is 3.34. The fourth-order valence-electron chi connectivity index (χ4n) is 2.31. The fraction of sp³-hybridized carbons (Fsp3) is 0.417. The van der Waals surface area contributed by atoms with E-state index in [1.54, 1.807) is 6.07 Å². The molecule has 2 rings (SSSR count). The number of aromatic hydroxyl groups is 1. The number of carbonyl (C=O) groups is 1. The van der Waals surface area contributed by atoms with Crippen molar-refractivity contribution in [3.05, 3.63) is 28.3 Å². The molecule has 1 fully saturated rings. The number of amides is 1. The summed E-state index contributed by atoms with van der Waals surface area (Å²) >= 11 is 0. The van der Waals surface area contributed by atoms with Crippen molar-refractivity contribution in [1.29, 1.82) is 0 Å². The van der Waals surface area contributed by atoms with E-state index >= 15 is 0 Å². The Morgan fingerprint density at radius 3 is 2.84 bits per heavy atom. The molecule has 1 amide bonds. The molecule has 0 bridgehead atoms. The average molecular weight is 265 g/mol. The molecule has 1 heterocycles. The van der Waals surface area contributed by atoms with Crippen molar-refractivity contribution < 1.29 is 14.8 Å². The van der Waals surface area contributed by atoms with Crippen LogP contribution in [0.3, 0.4) is 0 Å². The average Bonchev–Trinajstić information content (AvgIpc) is 2.38. The normalized spacial score (nSPS) is 19.2. The second-order valence-corrected chi connectivity index (χ2v) is 4.62. The number of phenols is 1. The molecule has 1 atom stereocenters. The molecule has 102 valence electrons. The summed E-state index contributed by atoms with van der Waals surface area (Å²) in [4.78, 5) is 23.1.